The first-order valence-corrected chi connectivity index (χ1v) is 7.87. The van der Waals surface area contributed by atoms with E-state index in [1.165, 1.54) is 16.0 Å². The maximum absolute atomic E-state index is 4.62. The van der Waals surface area contributed by atoms with Crippen molar-refractivity contribution in [3.8, 4) is 0 Å². The van der Waals surface area contributed by atoms with Crippen molar-refractivity contribution in [3.63, 3.8) is 0 Å². The molecule has 0 bridgehead atoms. The summed E-state index contributed by atoms with van der Waals surface area (Å²) in [6, 6.07) is 13.2. The smallest absolute Gasteiger partial charge is 0.101 e. The SMILES string of the molecule is CCNC(C)c1ccccc1Sc1cc(C)cc(C)n1. The fraction of sp³-hybridized carbons (Fsp3) is 0.353. The number of pyridine rings is 1. The van der Waals surface area contributed by atoms with Crippen LogP contribution in [0.3, 0.4) is 0 Å². The van der Waals surface area contributed by atoms with Gasteiger partial charge in [-0.1, -0.05) is 36.9 Å². The van der Waals surface area contributed by atoms with Crippen molar-refractivity contribution in [1.29, 1.82) is 0 Å². The molecule has 2 rings (SSSR count). The Kier molecular flexibility index (Phi) is 5.21. The van der Waals surface area contributed by atoms with Crippen LogP contribution in [0.5, 0.6) is 0 Å². The summed E-state index contributed by atoms with van der Waals surface area (Å²) in [7, 11) is 0. The van der Waals surface area contributed by atoms with E-state index in [4.69, 9.17) is 0 Å². The van der Waals surface area contributed by atoms with E-state index in [1.54, 1.807) is 11.8 Å². The fourth-order valence-corrected chi connectivity index (χ4v) is 3.49. The van der Waals surface area contributed by atoms with E-state index in [1.807, 2.05) is 6.92 Å². The number of nitrogens with one attached hydrogen (secondary N) is 1. The molecular formula is C17H22N2S. The highest BCUT2D eigenvalue weighted by Gasteiger charge is 2.11. The van der Waals surface area contributed by atoms with Crippen LogP contribution in [0.15, 0.2) is 46.3 Å². The molecule has 1 atom stereocenters. The molecule has 1 N–H and O–H groups in total. The normalized spacial score (nSPS) is 12.4. The van der Waals surface area contributed by atoms with Crippen molar-refractivity contribution in [3.05, 3.63) is 53.2 Å². The Morgan fingerprint density at radius 2 is 1.95 bits per heavy atom. The molecule has 0 radical (unpaired) electrons. The maximum Gasteiger partial charge on any atom is 0.101 e. The van der Waals surface area contributed by atoms with Crippen LogP contribution in [0.4, 0.5) is 0 Å². The van der Waals surface area contributed by atoms with E-state index < -0.39 is 0 Å². The first-order chi connectivity index (χ1) is 9.60. The Morgan fingerprint density at radius 1 is 1.20 bits per heavy atom. The largest absolute Gasteiger partial charge is 0.310 e. The van der Waals surface area contributed by atoms with E-state index >= 15 is 0 Å². The molecule has 0 spiro atoms. The number of aryl methyl sites for hydroxylation is 2. The molecule has 0 saturated heterocycles. The number of aromatic nitrogens is 1. The zero-order valence-electron chi connectivity index (χ0n) is 12.6. The van der Waals surface area contributed by atoms with Crippen LogP contribution in [0.25, 0.3) is 0 Å². The summed E-state index contributed by atoms with van der Waals surface area (Å²) in [4.78, 5) is 5.89. The number of hydrogen-bond acceptors (Lipinski definition) is 3. The molecule has 1 unspecified atom stereocenters. The molecule has 1 heterocycles. The van der Waals surface area contributed by atoms with Crippen LogP contribution in [0.1, 0.15) is 36.7 Å². The molecule has 20 heavy (non-hydrogen) atoms. The Labute approximate surface area is 126 Å². The Morgan fingerprint density at radius 3 is 2.65 bits per heavy atom. The Bertz CT molecular complexity index is 561. The highest BCUT2D eigenvalue weighted by molar-refractivity contribution is 7.99. The van der Waals surface area contributed by atoms with Gasteiger partial charge in [0.2, 0.25) is 0 Å². The highest BCUT2D eigenvalue weighted by atomic mass is 32.2. The monoisotopic (exact) mass is 286 g/mol. The quantitative estimate of drug-likeness (QED) is 0.874. The lowest BCUT2D eigenvalue weighted by molar-refractivity contribution is 0.590. The summed E-state index contributed by atoms with van der Waals surface area (Å²) in [6.45, 7) is 9.48. The van der Waals surface area contributed by atoms with Crippen LogP contribution in [0, 0.1) is 13.8 Å². The summed E-state index contributed by atoms with van der Waals surface area (Å²) in [5.74, 6) is 0. The highest BCUT2D eigenvalue weighted by Crippen LogP contribution is 2.32. The van der Waals surface area contributed by atoms with Gasteiger partial charge in [-0.2, -0.15) is 0 Å². The maximum atomic E-state index is 4.62. The van der Waals surface area contributed by atoms with Crippen molar-refractivity contribution < 1.29 is 0 Å². The summed E-state index contributed by atoms with van der Waals surface area (Å²) in [6.07, 6.45) is 0. The van der Waals surface area contributed by atoms with Gasteiger partial charge in [-0.15, -0.1) is 0 Å². The average Bonchev–Trinajstić information content (AvgIpc) is 2.38. The molecule has 1 aromatic carbocycles. The number of rotatable bonds is 5. The van der Waals surface area contributed by atoms with Gasteiger partial charge in [-0.3, -0.25) is 0 Å². The topological polar surface area (TPSA) is 24.9 Å². The lowest BCUT2D eigenvalue weighted by Gasteiger charge is -2.16. The summed E-state index contributed by atoms with van der Waals surface area (Å²) in [5.41, 5.74) is 3.67. The second kappa shape index (κ2) is 6.91. The van der Waals surface area contributed by atoms with Gasteiger partial charge >= 0.3 is 0 Å². The molecule has 0 aliphatic rings. The summed E-state index contributed by atoms with van der Waals surface area (Å²) >= 11 is 1.75. The molecule has 0 aliphatic carbocycles. The van der Waals surface area contributed by atoms with E-state index in [2.05, 4.69) is 67.5 Å². The molecule has 2 nitrogen and oxygen atoms in total. The molecule has 1 aromatic heterocycles. The standard InChI is InChI=1S/C17H22N2S/c1-5-18-14(4)15-8-6-7-9-16(15)20-17-11-12(2)10-13(3)19-17/h6-11,14,18H,5H2,1-4H3. The van der Waals surface area contributed by atoms with Crippen LogP contribution in [-0.2, 0) is 0 Å². The third-order valence-corrected chi connectivity index (χ3v) is 4.19. The zero-order chi connectivity index (χ0) is 14.5. The molecule has 106 valence electrons. The predicted octanol–water partition coefficient (Wildman–Crippen LogP) is 4.52. The molecule has 0 amide bonds. The minimum atomic E-state index is 0.356. The molecule has 2 aromatic rings. The van der Waals surface area contributed by atoms with Gasteiger partial charge in [0.25, 0.3) is 0 Å². The Balaban J connectivity index is 2.29. The van der Waals surface area contributed by atoms with E-state index in [9.17, 15) is 0 Å². The number of hydrogen-bond donors (Lipinski definition) is 1. The van der Waals surface area contributed by atoms with Gasteiger partial charge in [-0.25, -0.2) is 4.98 Å². The predicted molar refractivity (Wildman–Crippen MR) is 86.4 cm³/mol. The first-order valence-electron chi connectivity index (χ1n) is 7.05. The summed E-state index contributed by atoms with van der Waals surface area (Å²) < 4.78 is 0. The third-order valence-electron chi connectivity index (χ3n) is 3.18. The first kappa shape index (κ1) is 15.1. The van der Waals surface area contributed by atoms with Crippen LogP contribution >= 0.6 is 11.8 Å². The number of benzene rings is 1. The van der Waals surface area contributed by atoms with Crippen molar-refractivity contribution in [2.24, 2.45) is 0 Å². The van der Waals surface area contributed by atoms with E-state index in [0.29, 0.717) is 6.04 Å². The van der Waals surface area contributed by atoms with Crippen molar-refractivity contribution in [1.82, 2.24) is 10.3 Å². The minimum Gasteiger partial charge on any atom is -0.310 e. The molecule has 0 aliphatic heterocycles. The van der Waals surface area contributed by atoms with Crippen LogP contribution < -0.4 is 5.32 Å². The van der Waals surface area contributed by atoms with Gasteiger partial charge in [0.15, 0.2) is 0 Å². The van der Waals surface area contributed by atoms with Crippen LogP contribution in [0.2, 0.25) is 0 Å². The van der Waals surface area contributed by atoms with Gasteiger partial charge in [0.1, 0.15) is 5.03 Å². The van der Waals surface area contributed by atoms with E-state index in [-0.39, 0.29) is 0 Å². The van der Waals surface area contributed by atoms with Crippen molar-refractivity contribution in [2.75, 3.05) is 6.54 Å². The summed E-state index contributed by atoms with van der Waals surface area (Å²) in [5, 5.41) is 4.55. The molecule has 0 fully saturated rings. The molecular weight excluding hydrogens is 264 g/mol. The van der Waals surface area contributed by atoms with Gasteiger partial charge in [0, 0.05) is 16.6 Å². The second-order valence-electron chi connectivity index (χ2n) is 5.04. The Hall–Kier alpha value is -1.32. The second-order valence-corrected chi connectivity index (χ2v) is 6.11. The van der Waals surface area contributed by atoms with E-state index in [0.717, 1.165) is 17.3 Å². The lowest BCUT2D eigenvalue weighted by atomic mass is 10.1. The number of nitrogens with zero attached hydrogens (tertiary/aromatic N) is 1. The lowest BCUT2D eigenvalue weighted by Crippen LogP contribution is -2.18. The third kappa shape index (κ3) is 3.84. The average molecular weight is 286 g/mol. The van der Waals surface area contributed by atoms with Gasteiger partial charge in [-0.05, 0) is 56.6 Å². The zero-order valence-corrected chi connectivity index (χ0v) is 13.4. The van der Waals surface area contributed by atoms with Gasteiger partial charge in [0.05, 0.1) is 0 Å². The fourth-order valence-electron chi connectivity index (χ4n) is 2.32. The van der Waals surface area contributed by atoms with Crippen molar-refractivity contribution >= 4 is 11.8 Å². The molecule has 0 saturated carbocycles. The van der Waals surface area contributed by atoms with Crippen molar-refractivity contribution in [2.45, 2.75) is 43.7 Å². The van der Waals surface area contributed by atoms with Gasteiger partial charge < -0.3 is 5.32 Å². The molecule has 3 heteroatoms. The van der Waals surface area contributed by atoms with Crippen LogP contribution in [-0.4, -0.2) is 11.5 Å². The minimum absolute atomic E-state index is 0.356.